The first-order valence-corrected chi connectivity index (χ1v) is 11.6. The van der Waals surface area contributed by atoms with Gasteiger partial charge in [0.1, 0.15) is 5.82 Å². The van der Waals surface area contributed by atoms with Crippen LogP contribution in [-0.4, -0.2) is 52.9 Å². The van der Waals surface area contributed by atoms with E-state index in [1.54, 1.807) is 6.20 Å². The Balaban J connectivity index is 1.21. The Morgan fingerprint density at radius 2 is 1.87 bits per heavy atom. The number of piperidine rings is 2. The number of benzene rings is 1. The number of amides is 1. The van der Waals surface area contributed by atoms with Crippen LogP contribution in [0.2, 0.25) is 5.02 Å². The molecule has 4 rings (SSSR count). The van der Waals surface area contributed by atoms with Crippen molar-refractivity contribution in [1.29, 1.82) is 0 Å². The number of nitrogens with two attached hydrogens (primary N) is 1. The molecule has 2 saturated heterocycles. The second-order valence-corrected chi connectivity index (χ2v) is 9.25. The van der Waals surface area contributed by atoms with Gasteiger partial charge in [-0.05, 0) is 81.1 Å². The van der Waals surface area contributed by atoms with Crippen molar-refractivity contribution in [2.45, 2.75) is 45.2 Å². The molecule has 31 heavy (non-hydrogen) atoms. The van der Waals surface area contributed by atoms with E-state index < -0.39 is 0 Å². The summed E-state index contributed by atoms with van der Waals surface area (Å²) in [5.74, 6) is 1.05. The summed E-state index contributed by atoms with van der Waals surface area (Å²) in [6, 6.07) is 10.4. The molecule has 0 aliphatic carbocycles. The highest BCUT2D eigenvalue weighted by atomic mass is 35.5. The summed E-state index contributed by atoms with van der Waals surface area (Å²) in [4.78, 5) is 21.6. The fourth-order valence-corrected chi connectivity index (χ4v) is 4.79. The smallest absolute Gasteiger partial charge is 0.225 e. The normalized spacial score (nSPS) is 18.8. The van der Waals surface area contributed by atoms with Crippen molar-refractivity contribution in [3.8, 4) is 0 Å². The maximum absolute atomic E-state index is 13.1. The quantitative estimate of drug-likeness (QED) is 0.735. The molecule has 1 aromatic carbocycles. The van der Waals surface area contributed by atoms with Crippen molar-refractivity contribution in [1.82, 2.24) is 14.8 Å². The average molecular weight is 442 g/mol. The van der Waals surface area contributed by atoms with Crippen molar-refractivity contribution in [2.75, 3.05) is 37.2 Å². The number of pyridine rings is 1. The number of likely N-dealkylation sites (tertiary alicyclic amines) is 2. The first-order chi connectivity index (χ1) is 15.0. The van der Waals surface area contributed by atoms with E-state index in [2.05, 4.69) is 26.2 Å². The van der Waals surface area contributed by atoms with E-state index in [1.165, 1.54) is 5.56 Å². The summed E-state index contributed by atoms with van der Waals surface area (Å²) in [5, 5.41) is 4.37. The summed E-state index contributed by atoms with van der Waals surface area (Å²) in [7, 11) is 0. The molecule has 7 heteroatoms. The molecule has 2 aliphatic heterocycles. The summed E-state index contributed by atoms with van der Waals surface area (Å²) >= 11 is 6.24. The fourth-order valence-electron chi connectivity index (χ4n) is 4.61. The van der Waals surface area contributed by atoms with Gasteiger partial charge in [0.05, 0.1) is 0 Å². The van der Waals surface area contributed by atoms with Gasteiger partial charge in [-0.2, -0.15) is 0 Å². The van der Waals surface area contributed by atoms with Crippen LogP contribution >= 0.6 is 11.6 Å². The summed E-state index contributed by atoms with van der Waals surface area (Å²) in [6.07, 6.45) is 5.56. The number of rotatable bonds is 5. The minimum absolute atomic E-state index is 0.152. The van der Waals surface area contributed by atoms with Crippen LogP contribution in [0.1, 0.15) is 36.8 Å². The lowest BCUT2D eigenvalue weighted by molar-refractivity contribution is -0.138. The van der Waals surface area contributed by atoms with Crippen molar-refractivity contribution in [3.63, 3.8) is 0 Å². The molecule has 0 unspecified atom stereocenters. The van der Waals surface area contributed by atoms with E-state index >= 15 is 0 Å². The lowest BCUT2D eigenvalue weighted by Crippen LogP contribution is -2.47. The Bertz CT molecular complexity index is 905. The van der Waals surface area contributed by atoms with Crippen LogP contribution in [0.5, 0.6) is 0 Å². The number of halogens is 1. The van der Waals surface area contributed by atoms with Gasteiger partial charge >= 0.3 is 0 Å². The molecule has 3 N–H and O–H groups in total. The molecule has 0 atom stereocenters. The zero-order valence-electron chi connectivity index (χ0n) is 18.2. The molecule has 2 aromatic rings. The molecule has 2 aliphatic rings. The third kappa shape index (κ3) is 5.69. The van der Waals surface area contributed by atoms with E-state index in [0.717, 1.165) is 74.7 Å². The standard InChI is InChI=1S/C24H32ClN5O/c1-17-2-3-21(15-22(17)25)28-20-7-12-30(13-8-20)24(31)19-5-10-29(11-6-19)16-18-4-9-27-23(26)14-18/h2-4,9,14-15,19-20,28H,5-8,10-13,16H2,1H3,(H2,26,27). The number of anilines is 2. The number of carbonyl (C=O) groups excluding carboxylic acids is 1. The predicted molar refractivity (Wildman–Crippen MR) is 126 cm³/mol. The van der Waals surface area contributed by atoms with E-state index in [-0.39, 0.29) is 5.92 Å². The number of aryl methyl sites for hydroxylation is 1. The third-order valence-corrected chi connectivity index (χ3v) is 6.94. The number of hydrogen-bond donors (Lipinski definition) is 2. The second-order valence-electron chi connectivity index (χ2n) is 8.85. The third-order valence-electron chi connectivity index (χ3n) is 6.54. The van der Waals surface area contributed by atoms with E-state index in [4.69, 9.17) is 17.3 Å². The molecular weight excluding hydrogens is 410 g/mol. The molecule has 0 bridgehead atoms. The van der Waals surface area contributed by atoms with Crippen molar-refractivity contribution >= 4 is 29.0 Å². The highest BCUT2D eigenvalue weighted by Gasteiger charge is 2.31. The topological polar surface area (TPSA) is 74.5 Å². The summed E-state index contributed by atoms with van der Waals surface area (Å²) < 4.78 is 0. The predicted octanol–water partition coefficient (Wildman–Crippen LogP) is 3.94. The van der Waals surface area contributed by atoms with E-state index in [1.807, 2.05) is 31.2 Å². The number of carbonyl (C=O) groups is 1. The Morgan fingerprint density at radius 1 is 1.13 bits per heavy atom. The second kappa shape index (κ2) is 9.88. The lowest BCUT2D eigenvalue weighted by Gasteiger charge is -2.37. The number of nitrogens with zero attached hydrogens (tertiary/aromatic N) is 3. The van der Waals surface area contributed by atoms with Crippen LogP contribution in [0, 0.1) is 12.8 Å². The van der Waals surface area contributed by atoms with Crippen molar-refractivity contribution in [3.05, 3.63) is 52.7 Å². The van der Waals surface area contributed by atoms with Crippen LogP contribution in [0.15, 0.2) is 36.5 Å². The largest absolute Gasteiger partial charge is 0.384 e. The molecule has 2 fully saturated rings. The van der Waals surface area contributed by atoms with Gasteiger partial charge in [0.25, 0.3) is 0 Å². The lowest BCUT2D eigenvalue weighted by atomic mass is 9.93. The van der Waals surface area contributed by atoms with Crippen LogP contribution in [0.25, 0.3) is 0 Å². The Hall–Kier alpha value is -2.31. The SMILES string of the molecule is Cc1ccc(NC2CCN(C(=O)C3CCN(Cc4ccnc(N)c4)CC3)CC2)cc1Cl. The molecule has 0 spiro atoms. The van der Waals surface area contributed by atoms with Crippen molar-refractivity contribution < 1.29 is 4.79 Å². The van der Waals surface area contributed by atoms with Gasteiger partial charge in [0, 0.05) is 48.5 Å². The monoisotopic (exact) mass is 441 g/mol. The number of nitrogens with one attached hydrogen (secondary N) is 1. The van der Waals surface area contributed by atoms with Gasteiger partial charge in [-0.25, -0.2) is 4.98 Å². The molecule has 1 aromatic heterocycles. The van der Waals surface area contributed by atoms with E-state index in [0.29, 0.717) is 17.8 Å². The number of hydrogen-bond acceptors (Lipinski definition) is 5. The first-order valence-electron chi connectivity index (χ1n) is 11.2. The van der Waals surface area contributed by atoms with Gasteiger partial charge in [0.15, 0.2) is 0 Å². The van der Waals surface area contributed by atoms with Gasteiger partial charge < -0.3 is 16.0 Å². The van der Waals surface area contributed by atoms with Crippen molar-refractivity contribution in [2.24, 2.45) is 5.92 Å². The van der Waals surface area contributed by atoms with Crippen LogP contribution in [-0.2, 0) is 11.3 Å². The zero-order valence-corrected chi connectivity index (χ0v) is 18.9. The van der Waals surface area contributed by atoms with Crippen LogP contribution in [0.3, 0.4) is 0 Å². The molecule has 0 saturated carbocycles. The molecule has 166 valence electrons. The fraction of sp³-hybridized carbons (Fsp3) is 0.500. The van der Waals surface area contributed by atoms with Gasteiger partial charge in [0.2, 0.25) is 5.91 Å². The molecule has 0 radical (unpaired) electrons. The maximum atomic E-state index is 13.1. The van der Waals surface area contributed by atoms with Gasteiger partial charge in [-0.1, -0.05) is 17.7 Å². The highest BCUT2D eigenvalue weighted by molar-refractivity contribution is 6.31. The highest BCUT2D eigenvalue weighted by Crippen LogP contribution is 2.25. The Morgan fingerprint density at radius 3 is 2.55 bits per heavy atom. The Kier molecular flexibility index (Phi) is 6.98. The Labute approximate surface area is 189 Å². The molecule has 3 heterocycles. The van der Waals surface area contributed by atoms with Crippen LogP contribution in [0.4, 0.5) is 11.5 Å². The molecule has 6 nitrogen and oxygen atoms in total. The summed E-state index contributed by atoms with van der Waals surface area (Å²) in [5.41, 5.74) is 9.11. The number of nitrogen functional groups attached to an aromatic ring is 1. The maximum Gasteiger partial charge on any atom is 0.225 e. The molecular formula is C24H32ClN5O. The van der Waals surface area contributed by atoms with Gasteiger partial charge in [-0.15, -0.1) is 0 Å². The van der Waals surface area contributed by atoms with Gasteiger partial charge in [-0.3, -0.25) is 9.69 Å². The first kappa shape index (κ1) is 21.9. The average Bonchev–Trinajstić information content (AvgIpc) is 2.77. The summed E-state index contributed by atoms with van der Waals surface area (Å²) in [6.45, 7) is 6.43. The minimum Gasteiger partial charge on any atom is -0.384 e. The zero-order chi connectivity index (χ0) is 21.8. The van der Waals surface area contributed by atoms with Crippen LogP contribution < -0.4 is 11.1 Å². The minimum atomic E-state index is 0.152. The molecule has 1 amide bonds. The van der Waals surface area contributed by atoms with E-state index in [9.17, 15) is 4.79 Å². The number of aromatic nitrogens is 1.